The third-order valence-electron chi connectivity index (χ3n) is 2.41. The lowest BCUT2D eigenvalue weighted by Crippen LogP contribution is -2.12. The van der Waals surface area contributed by atoms with Crippen LogP contribution in [0.2, 0.25) is 5.02 Å². The standard InChI is InChI=1S/C11H11BrClN3O/c1-6(14-2)10-15-16-11(17-10)8-4-3-7(13)5-9(8)12/h3-6,14H,1-2H3. The van der Waals surface area contributed by atoms with Gasteiger partial charge < -0.3 is 9.73 Å². The Bertz CT molecular complexity index is 529. The van der Waals surface area contributed by atoms with Crippen LogP contribution in [-0.4, -0.2) is 17.2 Å². The number of benzene rings is 1. The molecule has 2 rings (SSSR count). The average molecular weight is 317 g/mol. The van der Waals surface area contributed by atoms with E-state index in [4.69, 9.17) is 16.0 Å². The summed E-state index contributed by atoms with van der Waals surface area (Å²) >= 11 is 9.30. The summed E-state index contributed by atoms with van der Waals surface area (Å²) in [5, 5.41) is 11.7. The summed E-state index contributed by atoms with van der Waals surface area (Å²) in [6.45, 7) is 1.95. The quantitative estimate of drug-likeness (QED) is 0.942. The van der Waals surface area contributed by atoms with Gasteiger partial charge in [-0.3, -0.25) is 0 Å². The molecule has 0 saturated carbocycles. The Morgan fingerprint density at radius 2 is 2.18 bits per heavy atom. The average Bonchev–Trinajstić information content (AvgIpc) is 2.77. The third kappa shape index (κ3) is 2.68. The number of nitrogens with one attached hydrogen (secondary N) is 1. The molecule has 0 aliphatic carbocycles. The van der Waals surface area contributed by atoms with E-state index in [1.807, 2.05) is 20.0 Å². The Balaban J connectivity index is 2.37. The normalized spacial score (nSPS) is 12.7. The molecule has 2 aromatic rings. The van der Waals surface area contributed by atoms with Gasteiger partial charge in [0.1, 0.15) is 0 Å². The van der Waals surface area contributed by atoms with Gasteiger partial charge in [-0.25, -0.2) is 0 Å². The van der Waals surface area contributed by atoms with Crippen molar-refractivity contribution in [1.82, 2.24) is 15.5 Å². The Hall–Kier alpha value is -0.910. The summed E-state index contributed by atoms with van der Waals surface area (Å²) in [6.07, 6.45) is 0. The van der Waals surface area contributed by atoms with Crippen LogP contribution in [0, 0.1) is 0 Å². The molecule has 0 saturated heterocycles. The van der Waals surface area contributed by atoms with Gasteiger partial charge in [-0.2, -0.15) is 0 Å². The summed E-state index contributed by atoms with van der Waals surface area (Å²) in [5.74, 6) is 1.04. The maximum Gasteiger partial charge on any atom is 0.248 e. The maximum atomic E-state index is 5.88. The van der Waals surface area contributed by atoms with E-state index in [2.05, 4.69) is 31.4 Å². The fraction of sp³-hybridized carbons (Fsp3) is 0.273. The summed E-state index contributed by atoms with van der Waals surface area (Å²) in [4.78, 5) is 0. The Morgan fingerprint density at radius 3 is 2.82 bits per heavy atom. The second-order valence-corrected chi connectivity index (χ2v) is 4.87. The SMILES string of the molecule is CNC(C)c1nnc(-c2ccc(Cl)cc2Br)o1. The lowest BCUT2D eigenvalue weighted by atomic mass is 10.2. The second kappa shape index (κ2) is 5.16. The van der Waals surface area contributed by atoms with Gasteiger partial charge in [0.05, 0.1) is 11.6 Å². The molecule has 17 heavy (non-hydrogen) atoms. The van der Waals surface area contributed by atoms with Crippen molar-refractivity contribution in [2.75, 3.05) is 7.05 Å². The van der Waals surface area contributed by atoms with Crippen molar-refractivity contribution in [3.05, 3.63) is 33.6 Å². The molecule has 1 aromatic carbocycles. The number of hydrogen-bond donors (Lipinski definition) is 1. The van der Waals surface area contributed by atoms with Gasteiger partial charge in [0.25, 0.3) is 0 Å². The highest BCUT2D eigenvalue weighted by molar-refractivity contribution is 9.10. The molecule has 1 N–H and O–H groups in total. The molecule has 0 bridgehead atoms. The van der Waals surface area contributed by atoms with Gasteiger partial charge in [0.15, 0.2) is 0 Å². The molecular formula is C11H11BrClN3O. The van der Waals surface area contributed by atoms with Crippen LogP contribution in [0.3, 0.4) is 0 Å². The van der Waals surface area contributed by atoms with Crippen LogP contribution in [0.4, 0.5) is 0 Å². The molecule has 1 unspecified atom stereocenters. The molecule has 0 spiro atoms. The van der Waals surface area contributed by atoms with Crippen molar-refractivity contribution >= 4 is 27.5 Å². The second-order valence-electron chi connectivity index (χ2n) is 3.58. The van der Waals surface area contributed by atoms with Crippen LogP contribution >= 0.6 is 27.5 Å². The molecule has 0 aliphatic rings. The van der Waals surface area contributed by atoms with E-state index >= 15 is 0 Å². The minimum atomic E-state index is 0.0299. The van der Waals surface area contributed by atoms with Gasteiger partial charge in [0.2, 0.25) is 11.8 Å². The number of nitrogens with zero attached hydrogens (tertiary/aromatic N) is 2. The van der Waals surface area contributed by atoms with Crippen LogP contribution in [0.1, 0.15) is 18.9 Å². The van der Waals surface area contributed by atoms with Crippen LogP contribution < -0.4 is 5.32 Å². The minimum Gasteiger partial charge on any atom is -0.419 e. The van der Waals surface area contributed by atoms with Crippen LogP contribution in [0.25, 0.3) is 11.5 Å². The Labute approximate surface area is 113 Å². The first-order chi connectivity index (χ1) is 8.11. The van der Waals surface area contributed by atoms with Gasteiger partial charge in [-0.05, 0) is 48.1 Å². The molecule has 0 radical (unpaired) electrons. The summed E-state index contributed by atoms with van der Waals surface area (Å²) < 4.78 is 6.42. The van der Waals surface area contributed by atoms with E-state index in [-0.39, 0.29) is 6.04 Å². The van der Waals surface area contributed by atoms with E-state index < -0.39 is 0 Å². The Morgan fingerprint density at radius 1 is 1.41 bits per heavy atom. The monoisotopic (exact) mass is 315 g/mol. The molecule has 1 atom stereocenters. The van der Waals surface area contributed by atoms with Crippen molar-refractivity contribution in [2.45, 2.75) is 13.0 Å². The summed E-state index contributed by atoms with van der Waals surface area (Å²) in [6, 6.07) is 5.45. The van der Waals surface area contributed by atoms with Crippen LogP contribution in [0.5, 0.6) is 0 Å². The molecule has 0 aliphatic heterocycles. The molecule has 0 amide bonds. The van der Waals surface area contributed by atoms with Gasteiger partial charge in [-0.1, -0.05) is 11.6 Å². The fourth-order valence-electron chi connectivity index (χ4n) is 1.30. The van der Waals surface area contributed by atoms with Crippen LogP contribution in [0.15, 0.2) is 27.1 Å². The first-order valence-electron chi connectivity index (χ1n) is 5.08. The number of rotatable bonds is 3. The topological polar surface area (TPSA) is 51.0 Å². The summed E-state index contributed by atoms with van der Waals surface area (Å²) in [5.41, 5.74) is 0.830. The molecule has 6 heteroatoms. The first kappa shape index (κ1) is 12.5. The van der Waals surface area contributed by atoms with Gasteiger partial charge in [-0.15, -0.1) is 10.2 Å². The number of aromatic nitrogens is 2. The van der Waals surface area contributed by atoms with Crippen molar-refractivity contribution in [2.24, 2.45) is 0 Å². The van der Waals surface area contributed by atoms with Crippen molar-refractivity contribution in [3.8, 4) is 11.5 Å². The van der Waals surface area contributed by atoms with Crippen molar-refractivity contribution in [1.29, 1.82) is 0 Å². The van der Waals surface area contributed by atoms with Crippen molar-refractivity contribution < 1.29 is 4.42 Å². The lowest BCUT2D eigenvalue weighted by Gasteiger charge is -2.03. The number of hydrogen-bond acceptors (Lipinski definition) is 4. The minimum absolute atomic E-state index is 0.0299. The zero-order valence-corrected chi connectivity index (χ0v) is 11.7. The van der Waals surface area contributed by atoms with Crippen LogP contribution in [-0.2, 0) is 0 Å². The largest absolute Gasteiger partial charge is 0.419 e. The van der Waals surface area contributed by atoms with E-state index in [9.17, 15) is 0 Å². The molecule has 1 aromatic heterocycles. The molecule has 90 valence electrons. The predicted octanol–water partition coefficient (Wildman–Crippen LogP) is 3.43. The number of halogens is 2. The summed E-state index contributed by atoms with van der Waals surface area (Å²) in [7, 11) is 1.84. The molecule has 1 heterocycles. The molecule has 0 fully saturated rings. The fourth-order valence-corrected chi connectivity index (χ4v) is 2.16. The van der Waals surface area contributed by atoms with Crippen molar-refractivity contribution in [3.63, 3.8) is 0 Å². The zero-order valence-electron chi connectivity index (χ0n) is 9.37. The predicted molar refractivity (Wildman–Crippen MR) is 69.9 cm³/mol. The van der Waals surface area contributed by atoms with Gasteiger partial charge >= 0.3 is 0 Å². The lowest BCUT2D eigenvalue weighted by molar-refractivity contribution is 0.441. The third-order valence-corrected chi connectivity index (χ3v) is 3.30. The maximum absolute atomic E-state index is 5.88. The highest BCUT2D eigenvalue weighted by Gasteiger charge is 2.15. The zero-order chi connectivity index (χ0) is 12.4. The van der Waals surface area contributed by atoms with E-state index in [0.29, 0.717) is 16.8 Å². The molecular weight excluding hydrogens is 305 g/mol. The first-order valence-corrected chi connectivity index (χ1v) is 6.25. The smallest absolute Gasteiger partial charge is 0.248 e. The van der Waals surface area contributed by atoms with E-state index in [1.54, 1.807) is 12.1 Å². The van der Waals surface area contributed by atoms with Gasteiger partial charge in [0, 0.05) is 9.50 Å². The van der Waals surface area contributed by atoms with E-state index in [0.717, 1.165) is 10.0 Å². The molecule has 4 nitrogen and oxygen atoms in total. The highest BCUT2D eigenvalue weighted by Crippen LogP contribution is 2.30. The highest BCUT2D eigenvalue weighted by atomic mass is 79.9. The Kier molecular flexibility index (Phi) is 3.81. The van der Waals surface area contributed by atoms with E-state index in [1.165, 1.54) is 0 Å².